The van der Waals surface area contributed by atoms with Crippen LogP contribution in [0.3, 0.4) is 0 Å². The molecule has 0 aliphatic carbocycles. The summed E-state index contributed by atoms with van der Waals surface area (Å²) < 4.78 is 0. The molecule has 82 valence electrons. The quantitative estimate of drug-likeness (QED) is 0.293. The van der Waals surface area contributed by atoms with Crippen molar-refractivity contribution in [2.24, 2.45) is 10.9 Å². The minimum atomic E-state index is -0.0730. The summed E-state index contributed by atoms with van der Waals surface area (Å²) in [4.78, 5) is 0. The number of nitrogens with zero attached hydrogens (tertiary/aromatic N) is 1. The summed E-state index contributed by atoms with van der Waals surface area (Å²) in [6.07, 6.45) is 0. The molecule has 0 fully saturated rings. The second-order valence-electron chi connectivity index (χ2n) is 3.30. The predicted molar refractivity (Wildman–Crippen MR) is 61.1 cm³/mol. The maximum Gasteiger partial charge on any atom is 0.147 e. The van der Waals surface area contributed by atoms with Crippen LogP contribution < -0.4 is 11.1 Å². The van der Waals surface area contributed by atoms with Gasteiger partial charge in [-0.3, -0.25) is 0 Å². The molecule has 1 rings (SSSR count). The number of benzene rings is 1. The molecule has 0 heterocycles. The molecule has 15 heavy (non-hydrogen) atoms. The summed E-state index contributed by atoms with van der Waals surface area (Å²) in [5.74, 6) is 0.165. The molecule has 4 nitrogen and oxygen atoms in total. The second kappa shape index (κ2) is 6.03. The lowest BCUT2D eigenvalue weighted by Crippen LogP contribution is -2.31. The molecule has 1 unspecified atom stereocenters. The molecule has 0 saturated heterocycles. The van der Waals surface area contributed by atoms with Crippen LogP contribution in [0.5, 0.6) is 0 Å². The molecule has 0 aliphatic heterocycles. The van der Waals surface area contributed by atoms with Crippen molar-refractivity contribution < 1.29 is 5.21 Å². The van der Waals surface area contributed by atoms with Gasteiger partial charge in [0.1, 0.15) is 5.84 Å². The Morgan fingerprint density at radius 1 is 1.47 bits per heavy atom. The van der Waals surface area contributed by atoms with Crippen LogP contribution in [0.25, 0.3) is 0 Å². The van der Waals surface area contributed by atoms with Gasteiger partial charge in [-0.2, -0.15) is 0 Å². The number of likely N-dealkylation sites (N-methyl/N-ethyl adjacent to an activating group) is 1. The van der Waals surface area contributed by atoms with Crippen LogP contribution in [0.4, 0.5) is 0 Å². The third-order valence-corrected chi connectivity index (χ3v) is 2.27. The van der Waals surface area contributed by atoms with E-state index in [0.717, 1.165) is 12.1 Å². The molecule has 0 bridgehead atoms. The topological polar surface area (TPSA) is 70.6 Å². The van der Waals surface area contributed by atoms with Gasteiger partial charge in [-0.25, -0.2) is 0 Å². The van der Waals surface area contributed by atoms with Crippen molar-refractivity contribution in [3.8, 4) is 0 Å². The smallest absolute Gasteiger partial charge is 0.147 e. The van der Waals surface area contributed by atoms with E-state index >= 15 is 0 Å². The van der Waals surface area contributed by atoms with Gasteiger partial charge in [-0.15, -0.1) is 0 Å². The van der Waals surface area contributed by atoms with Gasteiger partial charge in [0.05, 0.1) is 5.92 Å². The van der Waals surface area contributed by atoms with Gasteiger partial charge in [-0.05, 0) is 12.1 Å². The number of hydrogen-bond acceptors (Lipinski definition) is 3. The zero-order chi connectivity index (χ0) is 11.1. The number of amidine groups is 1. The van der Waals surface area contributed by atoms with Gasteiger partial charge in [0.15, 0.2) is 0 Å². The van der Waals surface area contributed by atoms with Gasteiger partial charge in [0, 0.05) is 6.54 Å². The summed E-state index contributed by atoms with van der Waals surface area (Å²) in [5, 5.41) is 15.0. The molecule has 0 spiro atoms. The first kappa shape index (κ1) is 11.5. The molecule has 1 aromatic carbocycles. The average Bonchev–Trinajstić information content (AvgIpc) is 2.30. The van der Waals surface area contributed by atoms with Crippen LogP contribution in [0, 0.1) is 0 Å². The number of nitrogens with two attached hydrogens (primary N) is 1. The summed E-state index contributed by atoms with van der Waals surface area (Å²) >= 11 is 0. The van der Waals surface area contributed by atoms with E-state index in [1.807, 2.05) is 37.3 Å². The van der Waals surface area contributed by atoms with Crippen LogP contribution in [0.1, 0.15) is 18.4 Å². The molecule has 0 amide bonds. The highest BCUT2D eigenvalue weighted by atomic mass is 16.4. The standard InChI is InChI=1S/C11H17N3O/c1-2-13-8-10(11(12)14-15)9-6-4-3-5-7-9/h3-7,10,13,15H,2,8H2,1H3,(H2,12,14). The Balaban J connectivity index is 2.81. The van der Waals surface area contributed by atoms with E-state index in [1.54, 1.807) is 0 Å². The Kier molecular flexibility index (Phi) is 4.63. The molecule has 0 radical (unpaired) electrons. The van der Waals surface area contributed by atoms with Gasteiger partial charge in [0.2, 0.25) is 0 Å². The molecule has 4 heteroatoms. The molecule has 0 aromatic heterocycles. The highest BCUT2D eigenvalue weighted by molar-refractivity contribution is 5.87. The Labute approximate surface area is 89.8 Å². The molecule has 4 N–H and O–H groups in total. The first-order valence-electron chi connectivity index (χ1n) is 5.02. The normalized spacial score (nSPS) is 13.8. The van der Waals surface area contributed by atoms with Gasteiger partial charge in [-0.1, -0.05) is 42.4 Å². The zero-order valence-electron chi connectivity index (χ0n) is 8.85. The number of hydrogen-bond donors (Lipinski definition) is 3. The first-order chi connectivity index (χ1) is 7.29. The van der Waals surface area contributed by atoms with Crippen LogP contribution in [-0.2, 0) is 0 Å². The minimum Gasteiger partial charge on any atom is -0.409 e. The van der Waals surface area contributed by atoms with E-state index in [2.05, 4.69) is 10.5 Å². The van der Waals surface area contributed by atoms with Crippen molar-refractivity contribution in [3.63, 3.8) is 0 Å². The second-order valence-corrected chi connectivity index (χ2v) is 3.30. The highest BCUT2D eigenvalue weighted by Crippen LogP contribution is 2.14. The minimum absolute atomic E-state index is 0.0730. The molecular formula is C11H17N3O. The fraction of sp³-hybridized carbons (Fsp3) is 0.364. The van der Waals surface area contributed by atoms with Crippen molar-refractivity contribution in [2.75, 3.05) is 13.1 Å². The Morgan fingerprint density at radius 3 is 2.67 bits per heavy atom. The zero-order valence-corrected chi connectivity index (χ0v) is 8.85. The van der Waals surface area contributed by atoms with E-state index in [9.17, 15) is 0 Å². The SMILES string of the molecule is CCNCC(C(N)=NO)c1ccccc1. The van der Waals surface area contributed by atoms with Gasteiger partial charge in [0.25, 0.3) is 0 Å². The maximum atomic E-state index is 8.70. The maximum absolute atomic E-state index is 8.70. The molecule has 0 aliphatic rings. The van der Waals surface area contributed by atoms with E-state index in [0.29, 0.717) is 6.54 Å². The first-order valence-corrected chi connectivity index (χ1v) is 5.02. The van der Waals surface area contributed by atoms with Crippen molar-refractivity contribution in [2.45, 2.75) is 12.8 Å². The van der Waals surface area contributed by atoms with Gasteiger partial charge >= 0.3 is 0 Å². The Morgan fingerprint density at radius 2 is 2.13 bits per heavy atom. The Bertz CT molecular complexity index is 311. The van der Waals surface area contributed by atoms with Crippen molar-refractivity contribution in [1.29, 1.82) is 0 Å². The molecule has 0 saturated carbocycles. The molecule has 1 atom stereocenters. The molecular weight excluding hydrogens is 190 g/mol. The van der Waals surface area contributed by atoms with Crippen molar-refractivity contribution in [3.05, 3.63) is 35.9 Å². The Hall–Kier alpha value is -1.55. The summed E-state index contributed by atoms with van der Waals surface area (Å²) in [6, 6.07) is 9.78. The third-order valence-electron chi connectivity index (χ3n) is 2.27. The van der Waals surface area contributed by atoms with Crippen molar-refractivity contribution in [1.82, 2.24) is 5.32 Å². The third kappa shape index (κ3) is 3.25. The highest BCUT2D eigenvalue weighted by Gasteiger charge is 2.15. The van der Waals surface area contributed by atoms with Crippen LogP contribution in [-0.4, -0.2) is 24.1 Å². The fourth-order valence-electron chi connectivity index (χ4n) is 1.44. The lowest BCUT2D eigenvalue weighted by Gasteiger charge is -2.15. The fourth-order valence-corrected chi connectivity index (χ4v) is 1.44. The lowest BCUT2D eigenvalue weighted by molar-refractivity contribution is 0.315. The molecule has 1 aromatic rings. The largest absolute Gasteiger partial charge is 0.409 e. The monoisotopic (exact) mass is 207 g/mol. The summed E-state index contributed by atoms with van der Waals surface area (Å²) in [5.41, 5.74) is 6.70. The van der Waals surface area contributed by atoms with E-state index in [4.69, 9.17) is 10.9 Å². The van der Waals surface area contributed by atoms with E-state index in [-0.39, 0.29) is 11.8 Å². The average molecular weight is 207 g/mol. The van der Waals surface area contributed by atoms with E-state index < -0.39 is 0 Å². The number of nitrogens with one attached hydrogen (secondary N) is 1. The summed E-state index contributed by atoms with van der Waals surface area (Å²) in [6.45, 7) is 3.56. The lowest BCUT2D eigenvalue weighted by atomic mass is 9.98. The summed E-state index contributed by atoms with van der Waals surface area (Å²) in [7, 11) is 0. The number of oxime groups is 1. The van der Waals surface area contributed by atoms with Gasteiger partial charge < -0.3 is 16.3 Å². The van der Waals surface area contributed by atoms with Crippen LogP contribution in [0.15, 0.2) is 35.5 Å². The van der Waals surface area contributed by atoms with Crippen molar-refractivity contribution >= 4 is 5.84 Å². The van der Waals surface area contributed by atoms with E-state index in [1.165, 1.54) is 0 Å². The van der Waals surface area contributed by atoms with Crippen LogP contribution in [0.2, 0.25) is 0 Å². The van der Waals surface area contributed by atoms with Crippen LogP contribution >= 0.6 is 0 Å². The predicted octanol–water partition coefficient (Wildman–Crippen LogP) is 1.13. The number of rotatable bonds is 5.